The van der Waals surface area contributed by atoms with Crippen LogP contribution in [0, 0.1) is 0 Å². The number of hydrogen-bond donors (Lipinski definition) is 1. The smallest absolute Gasteiger partial charge is 0.234 e. The lowest BCUT2D eigenvalue weighted by Crippen LogP contribution is -2.50. The minimum atomic E-state index is 0.0113. The van der Waals surface area contributed by atoms with Crippen LogP contribution in [0.2, 0.25) is 0 Å². The van der Waals surface area contributed by atoms with Gasteiger partial charge in [-0.3, -0.25) is 14.5 Å². The van der Waals surface area contributed by atoms with Gasteiger partial charge in [0.1, 0.15) is 0 Å². The number of amides is 2. The van der Waals surface area contributed by atoms with Crippen molar-refractivity contribution in [2.24, 2.45) is 0 Å². The van der Waals surface area contributed by atoms with Crippen molar-refractivity contribution in [3.63, 3.8) is 0 Å². The van der Waals surface area contributed by atoms with Crippen molar-refractivity contribution >= 4 is 11.8 Å². The summed E-state index contributed by atoms with van der Waals surface area (Å²) in [7, 11) is 0. The van der Waals surface area contributed by atoms with E-state index in [4.69, 9.17) is 0 Å². The number of piperazine rings is 1. The third-order valence-electron chi connectivity index (χ3n) is 3.86. The van der Waals surface area contributed by atoms with Gasteiger partial charge in [0, 0.05) is 33.1 Å². The van der Waals surface area contributed by atoms with Crippen molar-refractivity contribution in [1.29, 1.82) is 0 Å². The zero-order valence-electron chi connectivity index (χ0n) is 12.7. The number of nitrogens with zero attached hydrogens (tertiary/aromatic N) is 2. The maximum absolute atomic E-state index is 12.1. The molecule has 1 fully saturated rings. The van der Waals surface area contributed by atoms with Gasteiger partial charge in [0.15, 0.2) is 0 Å². The zero-order chi connectivity index (χ0) is 15.2. The first-order valence-corrected chi connectivity index (χ1v) is 7.38. The summed E-state index contributed by atoms with van der Waals surface area (Å²) in [5.41, 5.74) is 1.10. The number of carbonyl (C=O) groups is 2. The molecule has 2 amide bonds. The average Bonchev–Trinajstić information content (AvgIpc) is 2.48. The van der Waals surface area contributed by atoms with Gasteiger partial charge in [0.05, 0.1) is 12.6 Å². The van der Waals surface area contributed by atoms with Gasteiger partial charge in [0.25, 0.3) is 0 Å². The third kappa shape index (κ3) is 4.56. The number of benzene rings is 1. The standard InChI is InChI=1S/C16H23N3O2/c1-13(15-6-4-3-5-7-15)17-16(21)12-18-8-10-19(11-9-18)14(2)20/h3-7,13H,8-12H2,1-2H3,(H,17,21)/t13-/m0/s1. The Kier molecular flexibility index (Phi) is 5.33. The summed E-state index contributed by atoms with van der Waals surface area (Å²) in [5.74, 6) is 0.138. The molecule has 1 aliphatic heterocycles. The van der Waals surface area contributed by atoms with Crippen LogP contribution >= 0.6 is 0 Å². The van der Waals surface area contributed by atoms with Crippen molar-refractivity contribution < 1.29 is 9.59 Å². The Morgan fingerprint density at radius 3 is 2.33 bits per heavy atom. The predicted molar refractivity (Wildman–Crippen MR) is 81.7 cm³/mol. The van der Waals surface area contributed by atoms with Gasteiger partial charge >= 0.3 is 0 Å². The first-order chi connectivity index (χ1) is 10.1. The van der Waals surface area contributed by atoms with Crippen LogP contribution in [0.25, 0.3) is 0 Å². The summed E-state index contributed by atoms with van der Waals surface area (Å²) in [4.78, 5) is 27.2. The highest BCUT2D eigenvalue weighted by atomic mass is 16.2. The third-order valence-corrected chi connectivity index (χ3v) is 3.86. The molecule has 1 aromatic rings. The van der Waals surface area contributed by atoms with E-state index in [1.807, 2.05) is 42.2 Å². The largest absolute Gasteiger partial charge is 0.348 e. The Bertz CT molecular complexity index is 482. The number of hydrogen-bond acceptors (Lipinski definition) is 3. The van der Waals surface area contributed by atoms with Crippen LogP contribution in [0.5, 0.6) is 0 Å². The van der Waals surface area contributed by atoms with E-state index in [1.54, 1.807) is 6.92 Å². The van der Waals surface area contributed by atoms with Crippen LogP contribution in [0.3, 0.4) is 0 Å². The van der Waals surface area contributed by atoms with Gasteiger partial charge in [-0.1, -0.05) is 30.3 Å². The lowest BCUT2D eigenvalue weighted by molar-refractivity contribution is -0.131. The minimum Gasteiger partial charge on any atom is -0.348 e. The monoisotopic (exact) mass is 289 g/mol. The second-order valence-corrected chi connectivity index (χ2v) is 5.48. The lowest BCUT2D eigenvalue weighted by Gasteiger charge is -2.33. The predicted octanol–water partition coefficient (Wildman–Crippen LogP) is 1.03. The molecule has 2 rings (SSSR count). The molecule has 1 heterocycles. The molecule has 0 aromatic heterocycles. The van der Waals surface area contributed by atoms with Gasteiger partial charge < -0.3 is 10.2 Å². The van der Waals surface area contributed by atoms with Crippen LogP contribution in [0.15, 0.2) is 30.3 Å². The van der Waals surface area contributed by atoms with E-state index in [1.165, 1.54) is 0 Å². The van der Waals surface area contributed by atoms with Gasteiger partial charge in [-0.05, 0) is 12.5 Å². The van der Waals surface area contributed by atoms with E-state index in [2.05, 4.69) is 10.2 Å². The molecule has 1 atom stereocenters. The fourth-order valence-corrected chi connectivity index (χ4v) is 2.54. The molecule has 0 unspecified atom stereocenters. The van der Waals surface area contributed by atoms with Crippen LogP contribution in [0.1, 0.15) is 25.5 Å². The maximum Gasteiger partial charge on any atom is 0.234 e. The Balaban J connectivity index is 1.76. The SMILES string of the molecule is CC(=O)N1CCN(CC(=O)N[C@@H](C)c2ccccc2)CC1. The average molecular weight is 289 g/mol. The summed E-state index contributed by atoms with van der Waals surface area (Å²) in [6.07, 6.45) is 0. The van der Waals surface area contributed by atoms with E-state index >= 15 is 0 Å². The Hall–Kier alpha value is -1.88. The van der Waals surface area contributed by atoms with E-state index in [-0.39, 0.29) is 17.9 Å². The fraction of sp³-hybridized carbons (Fsp3) is 0.500. The van der Waals surface area contributed by atoms with Crippen molar-refractivity contribution in [1.82, 2.24) is 15.1 Å². The Morgan fingerprint density at radius 2 is 1.76 bits per heavy atom. The molecular formula is C16H23N3O2. The first kappa shape index (κ1) is 15.5. The quantitative estimate of drug-likeness (QED) is 0.900. The van der Waals surface area contributed by atoms with Crippen molar-refractivity contribution in [3.8, 4) is 0 Å². The highest BCUT2D eigenvalue weighted by Gasteiger charge is 2.20. The minimum absolute atomic E-state index is 0.0113. The molecule has 114 valence electrons. The molecule has 21 heavy (non-hydrogen) atoms. The summed E-state index contributed by atoms with van der Waals surface area (Å²) in [6.45, 7) is 6.89. The molecule has 0 spiro atoms. The summed E-state index contributed by atoms with van der Waals surface area (Å²) in [6, 6.07) is 9.94. The van der Waals surface area contributed by atoms with Gasteiger partial charge in [0.2, 0.25) is 11.8 Å². The van der Waals surface area contributed by atoms with Crippen LogP contribution in [-0.4, -0.2) is 54.3 Å². The van der Waals surface area contributed by atoms with Crippen LogP contribution in [-0.2, 0) is 9.59 Å². The van der Waals surface area contributed by atoms with Crippen molar-refractivity contribution in [2.75, 3.05) is 32.7 Å². The normalized spacial score (nSPS) is 17.3. The van der Waals surface area contributed by atoms with Gasteiger partial charge in [-0.2, -0.15) is 0 Å². The summed E-state index contributed by atoms with van der Waals surface area (Å²) >= 11 is 0. The second kappa shape index (κ2) is 7.22. The van der Waals surface area contributed by atoms with Crippen LogP contribution in [0.4, 0.5) is 0 Å². The highest BCUT2D eigenvalue weighted by Crippen LogP contribution is 2.11. The molecule has 0 radical (unpaired) electrons. The molecule has 1 N–H and O–H groups in total. The maximum atomic E-state index is 12.1. The first-order valence-electron chi connectivity index (χ1n) is 7.38. The molecule has 1 aliphatic rings. The summed E-state index contributed by atoms with van der Waals surface area (Å²) < 4.78 is 0. The van der Waals surface area contributed by atoms with E-state index < -0.39 is 0 Å². The van der Waals surface area contributed by atoms with E-state index in [0.29, 0.717) is 19.6 Å². The molecule has 1 saturated heterocycles. The lowest BCUT2D eigenvalue weighted by atomic mass is 10.1. The fourth-order valence-electron chi connectivity index (χ4n) is 2.54. The van der Waals surface area contributed by atoms with Crippen molar-refractivity contribution in [3.05, 3.63) is 35.9 Å². The summed E-state index contributed by atoms with van der Waals surface area (Å²) in [5, 5.41) is 3.02. The van der Waals surface area contributed by atoms with Crippen LogP contribution < -0.4 is 5.32 Å². The molecule has 0 aliphatic carbocycles. The molecule has 5 nitrogen and oxygen atoms in total. The number of nitrogens with one attached hydrogen (secondary N) is 1. The van der Waals surface area contributed by atoms with Crippen molar-refractivity contribution in [2.45, 2.75) is 19.9 Å². The topological polar surface area (TPSA) is 52.7 Å². The number of rotatable bonds is 4. The molecule has 1 aromatic carbocycles. The Morgan fingerprint density at radius 1 is 1.14 bits per heavy atom. The Labute approximate surface area is 125 Å². The van der Waals surface area contributed by atoms with Gasteiger partial charge in [-0.25, -0.2) is 0 Å². The van der Waals surface area contributed by atoms with Gasteiger partial charge in [-0.15, -0.1) is 0 Å². The highest BCUT2D eigenvalue weighted by molar-refractivity contribution is 5.78. The zero-order valence-corrected chi connectivity index (χ0v) is 12.7. The molecule has 5 heteroatoms. The second-order valence-electron chi connectivity index (χ2n) is 5.48. The molecular weight excluding hydrogens is 266 g/mol. The molecule has 0 saturated carbocycles. The molecule has 0 bridgehead atoms. The van der Waals surface area contributed by atoms with E-state index in [9.17, 15) is 9.59 Å². The number of carbonyl (C=O) groups excluding carboxylic acids is 2. The van der Waals surface area contributed by atoms with E-state index in [0.717, 1.165) is 18.7 Å².